The topological polar surface area (TPSA) is 56.4 Å². The minimum atomic E-state index is 0.246. The first-order chi connectivity index (χ1) is 10.2. The van der Waals surface area contributed by atoms with Gasteiger partial charge in [-0.1, -0.05) is 0 Å². The van der Waals surface area contributed by atoms with Gasteiger partial charge in [-0.25, -0.2) is 4.99 Å². The van der Waals surface area contributed by atoms with Crippen LogP contribution in [0.4, 0.5) is 5.00 Å². The van der Waals surface area contributed by atoms with Crippen LogP contribution in [0.5, 0.6) is 5.75 Å². The molecule has 0 unspecified atom stereocenters. The van der Waals surface area contributed by atoms with Crippen LogP contribution in [0.15, 0.2) is 29.3 Å². The van der Waals surface area contributed by atoms with Gasteiger partial charge in [0.05, 0.1) is 5.56 Å². The Labute approximate surface area is 128 Å². The van der Waals surface area contributed by atoms with E-state index in [1.54, 1.807) is 23.5 Å². The predicted octanol–water partition coefficient (Wildman–Crippen LogP) is 4.34. The van der Waals surface area contributed by atoms with Crippen molar-refractivity contribution >= 4 is 22.0 Å². The Bertz CT molecular complexity index is 735. The van der Waals surface area contributed by atoms with Gasteiger partial charge in [0.25, 0.3) is 0 Å². The molecule has 4 heteroatoms. The smallest absolute Gasteiger partial charge is 0.134 e. The number of nitriles is 1. The van der Waals surface area contributed by atoms with Crippen LogP contribution in [0.1, 0.15) is 41.3 Å². The van der Waals surface area contributed by atoms with Crippen molar-refractivity contribution in [1.82, 2.24) is 0 Å². The van der Waals surface area contributed by atoms with Crippen molar-refractivity contribution in [2.24, 2.45) is 4.99 Å². The van der Waals surface area contributed by atoms with E-state index in [-0.39, 0.29) is 5.75 Å². The Hall–Kier alpha value is -2.12. The third-order valence-corrected chi connectivity index (χ3v) is 5.00. The zero-order chi connectivity index (χ0) is 14.8. The van der Waals surface area contributed by atoms with E-state index in [2.05, 4.69) is 11.1 Å². The minimum absolute atomic E-state index is 0.246. The highest BCUT2D eigenvalue weighted by Crippen LogP contribution is 2.39. The number of thiophene rings is 1. The number of hydrogen-bond acceptors (Lipinski definition) is 4. The van der Waals surface area contributed by atoms with Gasteiger partial charge in [-0.05, 0) is 68.0 Å². The highest BCUT2D eigenvalue weighted by Gasteiger charge is 2.20. The first kappa shape index (κ1) is 13.8. The van der Waals surface area contributed by atoms with Crippen LogP contribution in [-0.4, -0.2) is 10.8 Å². The Kier molecular flexibility index (Phi) is 3.76. The monoisotopic (exact) mass is 296 g/mol. The first-order valence-electron chi connectivity index (χ1n) is 7.08. The Morgan fingerprint density at radius 2 is 1.95 bits per heavy atom. The van der Waals surface area contributed by atoms with Crippen molar-refractivity contribution in [2.75, 3.05) is 0 Å². The molecule has 0 fully saturated rings. The Morgan fingerprint density at radius 3 is 2.67 bits per heavy atom. The number of phenols is 1. The molecule has 21 heavy (non-hydrogen) atoms. The van der Waals surface area contributed by atoms with E-state index in [1.807, 2.05) is 19.1 Å². The van der Waals surface area contributed by atoms with Crippen LogP contribution in [0.3, 0.4) is 0 Å². The van der Waals surface area contributed by atoms with Gasteiger partial charge in [0.15, 0.2) is 0 Å². The Morgan fingerprint density at radius 1 is 1.24 bits per heavy atom. The van der Waals surface area contributed by atoms with Gasteiger partial charge in [-0.15, -0.1) is 11.3 Å². The highest BCUT2D eigenvalue weighted by molar-refractivity contribution is 7.16. The lowest BCUT2D eigenvalue weighted by Gasteiger charge is -2.09. The molecular weight excluding hydrogens is 280 g/mol. The molecule has 0 radical (unpaired) electrons. The maximum atomic E-state index is 9.44. The van der Waals surface area contributed by atoms with Crippen LogP contribution < -0.4 is 0 Å². The summed E-state index contributed by atoms with van der Waals surface area (Å²) in [7, 11) is 0. The number of benzene rings is 1. The van der Waals surface area contributed by atoms with Crippen molar-refractivity contribution < 1.29 is 5.11 Å². The van der Waals surface area contributed by atoms with Gasteiger partial charge in [-0.2, -0.15) is 5.26 Å². The average Bonchev–Trinajstić information content (AvgIpc) is 2.84. The van der Waals surface area contributed by atoms with Crippen LogP contribution >= 0.6 is 11.3 Å². The summed E-state index contributed by atoms with van der Waals surface area (Å²) in [5, 5.41) is 19.6. The lowest BCUT2D eigenvalue weighted by molar-refractivity contribution is 0.475. The van der Waals surface area contributed by atoms with E-state index in [9.17, 15) is 10.4 Å². The SMILES string of the molecule is C/C(=N/c1sc2c(c1C#N)CCCC2)c1ccc(O)cc1. The summed E-state index contributed by atoms with van der Waals surface area (Å²) in [5.74, 6) is 0.246. The zero-order valence-corrected chi connectivity index (χ0v) is 12.7. The molecule has 3 rings (SSSR count). The standard InChI is InChI=1S/C17H16N2OS/c1-11(12-6-8-13(20)9-7-12)19-17-15(10-18)14-4-2-3-5-16(14)21-17/h6-9,20H,2-5H2,1H3/b19-11-. The fourth-order valence-electron chi connectivity index (χ4n) is 2.67. The number of aryl methyl sites for hydroxylation is 1. The second-order valence-electron chi connectivity index (χ2n) is 5.25. The number of aliphatic imine (C=N–C) groups is 1. The molecule has 1 aromatic carbocycles. The zero-order valence-electron chi connectivity index (χ0n) is 11.9. The molecule has 0 aliphatic heterocycles. The largest absolute Gasteiger partial charge is 0.508 e. The lowest BCUT2D eigenvalue weighted by atomic mass is 9.96. The molecular formula is C17H16N2OS. The summed E-state index contributed by atoms with van der Waals surface area (Å²) in [4.78, 5) is 5.99. The summed E-state index contributed by atoms with van der Waals surface area (Å²) < 4.78 is 0. The van der Waals surface area contributed by atoms with Crippen molar-refractivity contribution in [3.8, 4) is 11.8 Å². The highest BCUT2D eigenvalue weighted by atomic mass is 32.1. The molecule has 0 saturated carbocycles. The van der Waals surface area contributed by atoms with Gasteiger partial charge < -0.3 is 5.11 Å². The molecule has 0 atom stereocenters. The maximum absolute atomic E-state index is 9.44. The second kappa shape index (κ2) is 5.71. The molecule has 106 valence electrons. The normalized spacial score (nSPS) is 14.6. The van der Waals surface area contributed by atoms with E-state index in [1.165, 1.54) is 23.3 Å². The molecule has 1 N–H and O–H groups in total. The Balaban J connectivity index is 2.01. The number of fused-ring (bicyclic) bond motifs is 1. The van der Waals surface area contributed by atoms with Crippen molar-refractivity contribution in [1.29, 1.82) is 5.26 Å². The number of hydrogen-bond donors (Lipinski definition) is 1. The lowest BCUT2D eigenvalue weighted by Crippen LogP contribution is -1.99. The van der Waals surface area contributed by atoms with E-state index in [4.69, 9.17) is 0 Å². The van der Waals surface area contributed by atoms with Crippen LogP contribution in [0, 0.1) is 11.3 Å². The van der Waals surface area contributed by atoms with E-state index < -0.39 is 0 Å². The number of aromatic hydroxyl groups is 1. The van der Waals surface area contributed by atoms with Gasteiger partial charge in [0.1, 0.15) is 16.8 Å². The summed E-state index contributed by atoms with van der Waals surface area (Å²) in [6.07, 6.45) is 4.45. The minimum Gasteiger partial charge on any atom is -0.508 e. The fourth-order valence-corrected chi connectivity index (χ4v) is 3.93. The van der Waals surface area contributed by atoms with Crippen LogP contribution in [0.2, 0.25) is 0 Å². The van der Waals surface area contributed by atoms with Gasteiger partial charge in [0, 0.05) is 10.6 Å². The fraction of sp³-hybridized carbons (Fsp3) is 0.294. The quantitative estimate of drug-likeness (QED) is 0.838. The number of rotatable bonds is 2. The molecule has 3 nitrogen and oxygen atoms in total. The van der Waals surface area contributed by atoms with Gasteiger partial charge in [0.2, 0.25) is 0 Å². The molecule has 0 bridgehead atoms. The molecule has 0 saturated heterocycles. The van der Waals surface area contributed by atoms with Gasteiger partial charge in [-0.3, -0.25) is 0 Å². The third-order valence-electron chi connectivity index (χ3n) is 3.82. The summed E-state index contributed by atoms with van der Waals surface area (Å²) in [5.41, 5.74) is 3.80. The molecule has 1 heterocycles. The molecule has 1 aliphatic rings. The van der Waals surface area contributed by atoms with Crippen molar-refractivity contribution in [3.63, 3.8) is 0 Å². The van der Waals surface area contributed by atoms with Crippen LogP contribution in [-0.2, 0) is 12.8 Å². The summed E-state index contributed by atoms with van der Waals surface area (Å²) in [6.45, 7) is 1.94. The van der Waals surface area contributed by atoms with Crippen molar-refractivity contribution in [2.45, 2.75) is 32.6 Å². The predicted molar refractivity (Wildman–Crippen MR) is 85.7 cm³/mol. The van der Waals surface area contributed by atoms with E-state index in [0.29, 0.717) is 0 Å². The third kappa shape index (κ3) is 2.70. The maximum Gasteiger partial charge on any atom is 0.134 e. The number of phenolic OH excluding ortho intramolecular Hbond substituents is 1. The van der Waals surface area contributed by atoms with E-state index in [0.717, 1.165) is 34.7 Å². The molecule has 0 amide bonds. The first-order valence-corrected chi connectivity index (χ1v) is 7.90. The molecule has 1 aliphatic carbocycles. The van der Waals surface area contributed by atoms with Gasteiger partial charge >= 0.3 is 0 Å². The molecule has 0 spiro atoms. The number of nitrogens with zero attached hydrogens (tertiary/aromatic N) is 2. The van der Waals surface area contributed by atoms with Crippen molar-refractivity contribution in [3.05, 3.63) is 45.8 Å². The average molecular weight is 296 g/mol. The second-order valence-corrected chi connectivity index (χ2v) is 6.33. The molecule has 1 aromatic heterocycles. The van der Waals surface area contributed by atoms with E-state index >= 15 is 0 Å². The summed E-state index contributed by atoms with van der Waals surface area (Å²) >= 11 is 1.65. The molecule has 2 aromatic rings. The van der Waals surface area contributed by atoms with Crippen LogP contribution in [0.25, 0.3) is 0 Å². The summed E-state index contributed by atoms with van der Waals surface area (Å²) in [6, 6.07) is 9.32.